The summed E-state index contributed by atoms with van der Waals surface area (Å²) in [7, 11) is 1.65. The molecule has 142 valence electrons. The molecule has 0 saturated carbocycles. The van der Waals surface area contributed by atoms with E-state index in [-0.39, 0.29) is 11.8 Å². The van der Waals surface area contributed by atoms with E-state index in [2.05, 4.69) is 18.0 Å². The number of hydrogen-bond donors (Lipinski definition) is 0. The second kappa shape index (κ2) is 7.59. The minimum Gasteiger partial charge on any atom is -0.493 e. The Kier molecular flexibility index (Phi) is 5.01. The van der Waals surface area contributed by atoms with Crippen LogP contribution < -0.4 is 4.74 Å². The van der Waals surface area contributed by atoms with Crippen LogP contribution in [0.4, 0.5) is 0 Å². The quantitative estimate of drug-likeness (QED) is 0.559. The highest BCUT2D eigenvalue weighted by Gasteiger charge is 2.32. The van der Waals surface area contributed by atoms with Crippen LogP contribution in [-0.2, 0) is 4.79 Å². The van der Waals surface area contributed by atoms with Gasteiger partial charge in [-0.25, -0.2) is 0 Å². The van der Waals surface area contributed by atoms with Crippen LogP contribution in [0.3, 0.4) is 0 Å². The molecule has 0 radical (unpaired) electrons. The van der Waals surface area contributed by atoms with Crippen molar-refractivity contribution in [3.05, 3.63) is 36.2 Å². The Morgan fingerprint density at radius 1 is 1.26 bits per heavy atom. The number of carbonyl (C=O) groups excluding carboxylic acids is 1. The fraction of sp³-hybridized carbons (Fsp3) is 0.455. The number of furan rings is 1. The maximum atomic E-state index is 12.6. The van der Waals surface area contributed by atoms with Gasteiger partial charge < -0.3 is 14.1 Å². The van der Waals surface area contributed by atoms with Gasteiger partial charge in [-0.3, -0.25) is 9.78 Å². The molecule has 2 aromatic heterocycles. The monoisotopic (exact) mass is 366 g/mol. The second-order valence-electron chi connectivity index (χ2n) is 7.34. The van der Waals surface area contributed by atoms with Gasteiger partial charge in [-0.1, -0.05) is 32.3 Å². The summed E-state index contributed by atoms with van der Waals surface area (Å²) >= 11 is 0. The maximum absolute atomic E-state index is 12.6. The molecule has 27 heavy (non-hydrogen) atoms. The Hall–Kier alpha value is -2.56. The SMILES string of the molecule is CCCCCCN1CC(c2ccc(OC)c3oc4cnccc4c23)CC1=O. The van der Waals surface area contributed by atoms with Gasteiger partial charge in [0.25, 0.3) is 0 Å². The number of rotatable bonds is 7. The topological polar surface area (TPSA) is 55.6 Å². The van der Waals surface area contributed by atoms with Crippen LogP contribution in [0, 0.1) is 0 Å². The molecule has 5 nitrogen and oxygen atoms in total. The fourth-order valence-electron chi connectivity index (χ4n) is 4.16. The lowest BCUT2D eigenvalue weighted by atomic mass is 9.93. The molecule has 4 rings (SSSR count). The Bertz CT molecular complexity index is 963. The number of amides is 1. The van der Waals surface area contributed by atoms with E-state index in [0.717, 1.165) is 41.4 Å². The molecule has 1 amide bonds. The number of methoxy groups -OCH3 is 1. The third kappa shape index (κ3) is 3.27. The molecule has 0 bridgehead atoms. The highest BCUT2D eigenvalue weighted by Crippen LogP contribution is 2.41. The smallest absolute Gasteiger partial charge is 0.223 e. The van der Waals surface area contributed by atoms with Crippen molar-refractivity contribution >= 4 is 27.8 Å². The second-order valence-corrected chi connectivity index (χ2v) is 7.34. The van der Waals surface area contributed by atoms with E-state index in [0.29, 0.717) is 12.2 Å². The van der Waals surface area contributed by atoms with Crippen molar-refractivity contribution in [2.75, 3.05) is 20.2 Å². The zero-order valence-electron chi connectivity index (χ0n) is 16.0. The third-order valence-electron chi connectivity index (χ3n) is 5.58. The van der Waals surface area contributed by atoms with Crippen molar-refractivity contribution in [2.45, 2.75) is 44.9 Å². The number of carbonyl (C=O) groups is 1. The van der Waals surface area contributed by atoms with Gasteiger partial charge in [-0.05, 0) is 24.1 Å². The Labute approximate surface area is 159 Å². The van der Waals surface area contributed by atoms with Crippen LogP contribution in [0.2, 0.25) is 0 Å². The van der Waals surface area contributed by atoms with Crippen molar-refractivity contribution < 1.29 is 13.9 Å². The minimum absolute atomic E-state index is 0.186. The number of ether oxygens (including phenoxy) is 1. The molecule has 1 aromatic carbocycles. The summed E-state index contributed by atoms with van der Waals surface area (Å²) in [4.78, 5) is 18.7. The van der Waals surface area contributed by atoms with Crippen LogP contribution in [0.25, 0.3) is 21.9 Å². The molecular weight excluding hydrogens is 340 g/mol. The van der Waals surface area contributed by atoms with E-state index in [1.165, 1.54) is 24.8 Å². The predicted octanol–water partition coefficient (Wildman–Crippen LogP) is 4.89. The molecule has 0 spiro atoms. The number of hydrogen-bond acceptors (Lipinski definition) is 4. The fourth-order valence-corrected chi connectivity index (χ4v) is 4.16. The number of nitrogens with zero attached hydrogens (tertiary/aromatic N) is 2. The zero-order valence-corrected chi connectivity index (χ0v) is 16.0. The van der Waals surface area contributed by atoms with Gasteiger partial charge in [0.05, 0.1) is 13.3 Å². The molecule has 0 N–H and O–H groups in total. The summed E-state index contributed by atoms with van der Waals surface area (Å²) < 4.78 is 11.5. The molecule has 5 heteroatoms. The largest absolute Gasteiger partial charge is 0.493 e. The van der Waals surface area contributed by atoms with E-state index >= 15 is 0 Å². The summed E-state index contributed by atoms with van der Waals surface area (Å²) in [5.74, 6) is 1.16. The van der Waals surface area contributed by atoms with Crippen LogP contribution in [-0.4, -0.2) is 36.0 Å². The van der Waals surface area contributed by atoms with Gasteiger partial charge in [0.15, 0.2) is 16.9 Å². The summed E-state index contributed by atoms with van der Waals surface area (Å²) in [5.41, 5.74) is 2.66. The molecular formula is C22H26N2O3. The van der Waals surface area contributed by atoms with Crippen LogP contribution >= 0.6 is 0 Å². The van der Waals surface area contributed by atoms with Gasteiger partial charge in [0.1, 0.15) is 0 Å². The van der Waals surface area contributed by atoms with Crippen molar-refractivity contribution in [3.8, 4) is 5.75 Å². The third-order valence-corrected chi connectivity index (χ3v) is 5.58. The first kappa shape index (κ1) is 17.8. The van der Waals surface area contributed by atoms with Crippen molar-refractivity contribution in [2.24, 2.45) is 0 Å². The van der Waals surface area contributed by atoms with E-state index in [9.17, 15) is 4.79 Å². The Morgan fingerprint density at radius 3 is 2.96 bits per heavy atom. The van der Waals surface area contributed by atoms with E-state index in [1.54, 1.807) is 19.5 Å². The number of unbranched alkanes of at least 4 members (excludes halogenated alkanes) is 3. The lowest BCUT2D eigenvalue weighted by molar-refractivity contribution is -0.127. The lowest BCUT2D eigenvalue weighted by Gasteiger charge is -2.17. The summed E-state index contributed by atoms with van der Waals surface area (Å²) in [6, 6.07) is 6.01. The maximum Gasteiger partial charge on any atom is 0.223 e. The average Bonchev–Trinajstić information content (AvgIpc) is 3.25. The minimum atomic E-state index is 0.186. The van der Waals surface area contributed by atoms with E-state index in [1.807, 2.05) is 17.0 Å². The normalized spacial score (nSPS) is 17.3. The Morgan fingerprint density at radius 2 is 2.15 bits per heavy atom. The lowest BCUT2D eigenvalue weighted by Crippen LogP contribution is -2.26. The molecule has 1 fully saturated rings. The zero-order chi connectivity index (χ0) is 18.8. The highest BCUT2D eigenvalue weighted by molar-refractivity contribution is 6.08. The van der Waals surface area contributed by atoms with Crippen LogP contribution in [0.5, 0.6) is 5.75 Å². The van der Waals surface area contributed by atoms with Crippen molar-refractivity contribution in [1.29, 1.82) is 0 Å². The number of fused-ring (bicyclic) bond motifs is 3. The van der Waals surface area contributed by atoms with Gasteiger partial charge in [0.2, 0.25) is 5.91 Å². The van der Waals surface area contributed by atoms with Crippen molar-refractivity contribution in [3.63, 3.8) is 0 Å². The molecule has 1 aliphatic heterocycles. The van der Waals surface area contributed by atoms with Crippen LogP contribution in [0.15, 0.2) is 35.0 Å². The Balaban J connectivity index is 1.67. The van der Waals surface area contributed by atoms with E-state index in [4.69, 9.17) is 9.15 Å². The highest BCUT2D eigenvalue weighted by atomic mass is 16.5. The average molecular weight is 366 g/mol. The standard InChI is InChI=1S/C22H26N2O3/c1-3-4-5-6-11-24-14-15(12-20(24)25)16-7-8-18(26-2)22-21(16)17-9-10-23-13-19(17)27-22/h7-10,13,15H,3-6,11-12,14H2,1-2H3. The molecule has 1 saturated heterocycles. The summed E-state index contributed by atoms with van der Waals surface area (Å²) in [5, 5.41) is 2.08. The first-order chi connectivity index (χ1) is 13.2. The molecule has 3 aromatic rings. The molecule has 1 unspecified atom stereocenters. The predicted molar refractivity (Wildman–Crippen MR) is 106 cm³/mol. The molecule has 1 aliphatic rings. The first-order valence-corrected chi connectivity index (χ1v) is 9.83. The molecule has 1 atom stereocenters. The molecule has 0 aliphatic carbocycles. The molecule has 3 heterocycles. The number of pyridine rings is 1. The van der Waals surface area contributed by atoms with Crippen LogP contribution in [0.1, 0.15) is 50.5 Å². The summed E-state index contributed by atoms with van der Waals surface area (Å²) in [6.07, 6.45) is 8.80. The first-order valence-electron chi connectivity index (χ1n) is 9.83. The number of aromatic nitrogens is 1. The van der Waals surface area contributed by atoms with Gasteiger partial charge in [-0.15, -0.1) is 0 Å². The van der Waals surface area contributed by atoms with Gasteiger partial charge in [0, 0.05) is 42.4 Å². The number of benzene rings is 1. The number of likely N-dealkylation sites (tertiary alicyclic amines) is 1. The summed E-state index contributed by atoms with van der Waals surface area (Å²) in [6.45, 7) is 3.85. The van der Waals surface area contributed by atoms with Gasteiger partial charge >= 0.3 is 0 Å². The van der Waals surface area contributed by atoms with E-state index < -0.39 is 0 Å². The van der Waals surface area contributed by atoms with Gasteiger partial charge in [-0.2, -0.15) is 0 Å². The van der Waals surface area contributed by atoms with Crippen molar-refractivity contribution in [1.82, 2.24) is 9.88 Å².